The van der Waals surface area contributed by atoms with E-state index >= 15 is 0 Å². The average Bonchev–Trinajstić information content (AvgIpc) is 2.30. The first kappa shape index (κ1) is 17.9. The van der Waals surface area contributed by atoms with E-state index in [0.29, 0.717) is 0 Å². The molecule has 21 heavy (non-hydrogen) atoms. The number of hydrogen-bond acceptors (Lipinski definition) is 2. The topological polar surface area (TPSA) is 39.0 Å². The summed E-state index contributed by atoms with van der Waals surface area (Å²) in [6.45, 7) is 0.134. The summed E-state index contributed by atoms with van der Waals surface area (Å²) in [5.41, 5.74) is -0.523. The van der Waals surface area contributed by atoms with E-state index in [2.05, 4.69) is 5.32 Å². The van der Waals surface area contributed by atoms with Gasteiger partial charge >= 0.3 is 6.18 Å². The van der Waals surface area contributed by atoms with E-state index in [4.69, 9.17) is 0 Å². The molecule has 1 unspecified atom stereocenters. The minimum atomic E-state index is -4.56. The predicted molar refractivity (Wildman–Crippen MR) is 67.6 cm³/mol. The standard InChI is InChI=1S/C12H13F5N2O.ClH/c13-11(14)2-3-18-7-10(11)8-1-4-19(20)9(5-8)6-12(15,16)17;/h1,4-5,10,18H,2-3,6-7H2;1H. The quantitative estimate of drug-likeness (QED) is 0.513. The number of nitrogens with one attached hydrogen (secondary N) is 1. The van der Waals surface area contributed by atoms with Crippen LogP contribution in [0.1, 0.15) is 23.6 Å². The molecule has 0 amide bonds. The Morgan fingerprint density at radius 2 is 2.05 bits per heavy atom. The molecule has 3 nitrogen and oxygen atoms in total. The van der Waals surface area contributed by atoms with Crippen molar-refractivity contribution in [3.63, 3.8) is 0 Å². The minimum absolute atomic E-state index is 0. The van der Waals surface area contributed by atoms with Gasteiger partial charge in [-0.1, -0.05) is 0 Å². The highest BCUT2D eigenvalue weighted by molar-refractivity contribution is 5.85. The lowest BCUT2D eigenvalue weighted by molar-refractivity contribution is -0.615. The van der Waals surface area contributed by atoms with Crippen LogP contribution < -0.4 is 10.0 Å². The number of nitrogens with zero attached hydrogens (tertiary/aromatic N) is 1. The van der Waals surface area contributed by atoms with Gasteiger partial charge in [-0.25, -0.2) is 8.78 Å². The summed E-state index contributed by atoms with van der Waals surface area (Å²) >= 11 is 0. The van der Waals surface area contributed by atoms with E-state index in [1.807, 2.05) is 0 Å². The van der Waals surface area contributed by atoms with E-state index in [1.54, 1.807) is 0 Å². The molecule has 2 rings (SSSR count). The maximum absolute atomic E-state index is 13.8. The van der Waals surface area contributed by atoms with Gasteiger partial charge in [-0.05, 0) is 5.56 Å². The van der Waals surface area contributed by atoms with Gasteiger partial charge in [-0.15, -0.1) is 12.4 Å². The molecule has 0 saturated carbocycles. The molecule has 0 aromatic carbocycles. The maximum Gasteiger partial charge on any atom is 0.398 e. The highest BCUT2D eigenvalue weighted by atomic mass is 35.5. The molecule has 1 atom stereocenters. The van der Waals surface area contributed by atoms with Crippen LogP contribution in [0.5, 0.6) is 0 Å². The third kappa shape index (κ3) is 4.41. The van der Waals surface area contributed by atoms with Crippen molar-refractivity contribution in [2.75, 3.05) is 13.1 Å². The Morgan fingerprint density at radius 1 is 1.38 bits per heavy atom. The number of hydrogen-bond donors (Lipinski definition) is 1. The lowest BCUT2D eigenvalue weighted by atomic mass is 9.88. The van der Waals surface area contributed by atoms with Crippen molar-refractivity contribution < 1.29 is 26.7 Å². The monoisotopic (exact) mass is 332 g/mol. The van der Waals surface area contributed by atoms with Gasteiger partial charge in [0, 0.05) is 31.6 Å². The summed E-state index contributed by atoms with van der Waals surface area (Å²) in [5.74, 6) is -4.21. The lowest BCUT2D eigenvalue weighted by Crippen LogP contribution is -2.43. The van der Waals surface area contributed by atoms with Crippen LogP contribution in [0.15, 0.2) is 18.3 Å². The largest absolute Gasteiger partial charge is 0.618 e. The Labute approximate surface area is 124 Å². The fourth-order valence-corrected chi connectivity index (χ4v) is 2.29. The lowest BCUT2D eigenvalue weighted by Gasteiger charge is -2.32. The summed E-state index contributed by atoms with van der Waals surface area (Å²) in [6, 6.07) is 2.07. The van der Waals surface area contributed by atoms with Gasteiger partial charge in [0.2, 0.25) is 5.69 Å². The fraction of sp³-hybridized carbons (Fsp3) is 0.583. The third-order valence-electron chi connectivity index (χ3n) is 3.30. The van der Waals surface area contributed by atoms with Crippen molar-refractivity contribution in [2.45, 2.75) is 30.9 Å². The SMILES string of the molecule is Cl.[O-][n+]1ccc(C2CNCCC2(F)F)cc1CC(F)(F)F. The number of rotatable bonds is 2. The smallest absolute Gasteiger partial charge is 0.398 e. The number of pyridine rings is 1. The van der Waals surface area contributed by atoms with Crippen molar-refractivity contribution >= 4 is 12.4 Å². The summed E-state index contributed by atoms with van der Waals surface area (Å²) in [4.78, 5) is 0. The number of piperidine rings is 1. The second kappa shape index (κ2) is 6.31. The molecule has 9 heteroatoms. The van der Waals surface area contributed by atoms with Gasteiger partial charge < -0.3 is 10.5 Å². The van der Waals surface area contributed by atoms with Crippen molar-refractivity contribution in [1.29, 1.82) is 0 Å². The number of aromatic nitrogens is 1. The van der Waals surface area contributed by atoms with Gasteiger partial charge in [-0.2, -0.15) is 17.9 Å². The molecular weight excluding hydrogens is 319 g/mol. The third-order valence-corrected chi connectivity index (χ3v) is 3.30. The summed E-state index contributed by atoms with van der Waals surface area (Å²) in [5, 5.41) is 14.1. The van der Waals surface area contributed by atoms with Gasteiger partial charge in [0.15, 0.2) is 6.20 Å². The molecule has 1 aliphatic heterocycles. The van der Waals surface area contributed by atoms with E-state index in [9.17, 15) is 27.2 Å². The Morgan fingerprint density at radius 3 is 2.62 bits per heavy atom. The molecule has 0 aliphatic carbocycles. The highest BCUT2D eigenvalue weighted by Crippen LogP contribution is 2.38. The minimum Gasteiger partial charge on any atom is -0.618 e. The predicted octanol–water partition coefficient (Wildman–Crippen LogP) is 2.56. The van der Waals surface area contributed by atoms with Crippen molar-refractivity contribution in [3.05, 3.63) is 34.8 Å². The van der Waals surface area contributed by atoms with Crippen molar-refractivity contribution in [3.8, 4) is 0 Å². The van der Waals surface area contributed by atoms with Crippen LogP contribution in [-0.2, 0) is 6.42 Å². The van der Waals surface area contributed by atoms with Crippen LogP contribution >= 0.6 is 12.4 Å². The first-order valence-electron chi connectivity index (χ1n) is 6.06. The fourth-order valence-electron chi connectivity index (χ4n) is 2.29. The van der Waals surface area contributed by atoms with Crippen LogP contribution in [-0.4, -0.2) is 25.2 Å². The molecular formula is C12H14ClF5N2O. The number of halogens is 6. The highest BCUT2D eigenvalue weighted by Gasteiger charge is 2.43. The van der Waals surface area contributed by atoms with Gasteiger partial charge in [-0.3, -0.25) is 0 Å². The van der Waals surface area contributed by atoms with Crippen LogP contribution in [0.25, 0.3) is 0 Å². The molecule has 0 bridgehead atoms. The second-order valence-electron chi connectivity index (χ2n) is 4.84. The average molecular weight is 333 g/mol. The molecule has 0 radical (unpaired) electrons. The molecule has 120 valence electrons. The molecule has 1 saturated heterocycles. The van der Waals surface area contributed by atoms with E-state index in [-0.39, 0.29) is 42.2 Å². The first-order chi connectivity index (χ1) is 9.19. The Balaban J connectivity index is 0.00000220. The molecule has 1 aliphatic rings. The van der Waals surface area contributed by atoms with Gasteiger partial charge in [0.25, 0.3) is 5.92 Å². The van der Waals surface area contributed by atoms with E-state index < -0.39 is 30.1 Å². The Bertz CT molecular complexity index is 495. The van der Waals surface area contributed by atoms with Crippen LogP contribution in [0.2, 0.25) is 0 Å². The Hall–Kier alpha value is -1.15. The van der Waals surface area contributed by atoms with Crippen molar-refractivity contribution in [1.82, 2.24) is 5.32 Å². The van der Waals surface area contributed by atoms with Crippen LogP contribution in [0.4, 0.5) is 22.0 Å². The Kier molecular flexibility index (Phi) is 5.38. The number of alkyl halides is 5. The zero-order valence-electron chi connectivity index (χ0n) is 10.8. The summed E-state index contributed by atoms with van der Waals surface area (Å²) in [6.07, 6.45) is -5.52. The summed E-state index contributed by atoms with van der Waals surface area (Å²) in [7, 11) is 0. The van der Waals surface area contributed by atoms with E-state index in [1.165, 1.54) is 0 Å². The second-order valence-corrected chi connectivity index (χ2v) is 4.84. The molecule has 2 heterocycles. The zero-order valence-corrected chi connectivity index (χ0v) is 11.6. The zero-order chi connectivity index (χ0) is 15.0. The van der Waals surface area contributed by atoms with E-state index in [0.717, 1.165) is 18.3 Å². The van der Waals surface area contributed by atoms with Gasteiger partial charge in [0.05, 0.1) is 5.92 Å². The van der Waals surface area contributed by atoms with Crippen LogP contribution in [0, 0.1) is 5.21 Å². The van der Waals surface area contributed by atoms with Gasteiger partial charge in [0.1, 0.15) is 6.42 Å². The maximum atomic E-state index is 13.8. The first-order valence-corrected chi connectivity index (χ1v) is 6.06. The summed E-state index contributed by atoms with van der Waals surface area (Å²) < 4.78 is 64.6. The molecule has 0 spiro atoms. The molecule has 1 aromatic heterocycles. The van der Waals surface area contributed by atoms with Crippen LogP contribution in [0.3, 0.4) is 0 Å². The molecule has 1 fully saturated rings. The van der Waals surface area contributed by atoms with Crippen molar-refractivity contribution in [2.24, 2.45) is 0 Å². The molecule has 1 aromatic rings. The molecule has 1 N–H and O–H groups in total. The normalized spacial score (nSPS) is 21.7.